The third-order valence-electron chi connectivity index (χ3n) is 3.08. The lowest BCUT2D eigenvalue weighted by molar-refractivity contribution is 0.0688. The third-order valence-corrected chi connectivity index (χ3v) is 3.08. The third kappa shape index (κ3) is 1.77. The molecule has 5 nitrogen and oxygen atoms in total. The number of hydrogen-bond donors (Lipinski definition) is 1. The summed E-state index contributed by atoms with van der Waals surface area (Å²) in [6.45, 7) is 6.10. The highest BCUT2D eigenvalue weighted by molar-refractivity contribution is 5.88. The van der Waals surface area contributed by atoms with Gasteiger partial charge in [-0.1, -0.05) is 0 Å². The van der Waals surface area contributed by atoms with Gasteiger partial charge in [-0.15, -0.1) is 0 Å². The number of fused-ring (bicyclic) bond motifs is 1. The molecule has 0 amide bonds. The van der Waals surface area contributed by atoms with Gasteiger partial charge in [0.1, 0.15) is 0 Å². The first kappa shape index (κ1) is 12.3. The van der Waals surface area contributed by atoms with Crippen LogP contribution in [0.25, 0.3) is 11.0 Å². The van der Waals surface area contributed by atoms with Crippen LogP contribution in [-0.4, -0.2) is 20.6 Å². The van der Waals surface area contributed by atoms with Gasteiger partial charge in [0.25, 0.3) is 5.56 Å². The van der Waals surface area contributed by atoms with Gasteiger partial charge in [-0.05, 0) is 44.0 Å². The van der Waals surface area contributed by atoms with Crippen molar-refractivity contribution in [3.05, 3.63) is 39.3 Å². The molecule has 1 aromatic heterocycles. The minimum absolute atomic E-state index is 0.417. The summed E-state index contributed by atoms with van der Waals surface area (Å²) in [4.78, 5) is 26.9. The second-order valence-corrected chi connectivity index (χ2v) is 4.24. The van der Waals surface area contributed by atoms with Crippen molar-refractivity contribution in [1.82, 2.24) is 9.55 Å². The molecule has 5 heteroatoms. The van der Waals surface area contributed by atoms with E-state index in [1.165, 1.54) is 4.57 Å². The second kappa shape index (κ2) is 4.25. The van der Waals surface area contributed by atoms with Crippen LogP contribution in [-0.2, 0) is 6.54 Å². The van der Waals surface area contributed by atoms with Gasteiger partial charge in [0, 0.05) is 6.54 Å². The van der Waals surface area contributed by atoms with Gasteiger partial charge in [0.15, 0.2) is 0 Å². The van der Waals surface area contributed by atoms with Gasteiger partial charge in [0.05, 0.1) is 11.0 Å². The number of rotatable bonds is 2. The van der Waals surface area contributed by atoms with Crippen LogP contribution in [0.2, 0.25) is 0 Å². The lowest BCUT2D eigenvalue weighted by Gasteiger charge is -2.10. The highest BCUT2D eigenvalue weighted by Crippen LogP contribution is 2.17. The van der Waals surface area contributed by atoms with Gasteiger partial charge in [-0.25, -0.2) is 9.78 Å². The molecule has 0 aliphatic rings. The summed E-state index contributed by atoms with van der Waals surface area (Å²) >= 11 is 0. The first-order valence-electron chi connectivity index (χ1n) is 5.70. The number of hydrogen-bond acceptors (Lipinski definition) is 3. The van der Waals surface area contributed by atoms with Crippen molar-refractivity contribution in [2.75, 3.05) is 0 Å². The Morgan fingerprint density at radius 3 is 2.50 bits per heavy atom. The zero-order chi connectivity index (χ0) is 13.4. The molecule has 2 rings (SSSR count). The molecule has 0 saturated carbocycles. The number of carboxylic acids is 1. The average molecular weight is 246 g/mol. The molecule has 1 heterocycles. The topological polar surface area (TPSA) is 72.2 Å². The van der Waals surface area contributed by atoms with Crippen LogP contribution in [0.3, 0.4) is 0 Å². The zero-order valence-electron chi connectivity index (χ0n) is 10.5. The van der Waals surface area contributed by atoms with Crippen LogP contribution in [0.5, 0.6) is 0 Å². The lowest BCUT2D eigenvalue weighted by atomic mass is 10.1. The SMILES string of the molecule is CCn1c(=O)c(C(=O)O)nc2cc(C)c(C)cc21. The Labute approximate surface area is 104 Å². The number of benzene rings is 1. The summed E-state index contributed by atoms with van der Waals surface area (Å²) in [5.74, 6) is -1.29. The fourth-order valence-corrected chi connectivity index (χ4v) is 1.95. The van der Waals surface area contributed by atoms with Crippen molar-refractivity contribution < 1.29 is 9.90 Å². The van der Waals surface area contributed by atoms with Crippen molar-refractivity contribution in [3.63, 3.8) is 0 Å². The van der Waals surface area contributed by atoms with E-state index in [0.29, 0.717) is 17.6 Å². The Balaban J connectivity index is 2.97. The minimum Gasteiger partial charge on any atom is -0.476 e. The Morgan fingerprint density at radius 1 is 1.33 bits per heavy atom. The molecular weight excluding hydrogens is 232 g/mol. The van der Waals surface area contributed by atoms with Crippen LogP contribution >= 0.6 is 0 Å². The first-order chi connectivity index (χ1) is 8.45. The fraction of sp³-hybridized carbons (Fsp3) is 0.308. The number of carboxylic acid groups (broad SMARTS) is 1. The standard InChI is InChI=1S/C13H14N2O3/c1-4-15-10-6-8(3)7(2)5-9(10)14-11(12(15)16)13(17)18/h5-6H,4H2,1-3H3,(H,17,18). The van der Waals surface area contributed by atoms with Gasteiger partial charge >= 0.3 is 5.97 Å². The van der Waals surface area contributed by atoms with E-state index in [1.54, 1.807) is 0 Å². The molecule has 0 bridgehead atoms. The largest absolute Gasteiger partial charge is 0.476 e. The Hall–Kier alpha value is -2.17. The molecule has 0 atom stereocenters. The molecule has 1 N–H and O–H groups in total. The molecule has 0 aliphatic heterocycles. The Morgan fingerprint density at radius 2 is 1.94 bits per heavy atom. The molecule has 0 fully saturated rings. The molecule has 18 heavy (non-hydrogen) atoms. The van der Waals surface area contributed by atoms with Crippen LogP contribution in [0.4, 0.5) is 0 Å². The van der Waals surface area contributed by atoms with Gasteiger partial charge in [0.2, 0.25) is 5.69 Å². The van der Waals surface area contributed by atoms with E-state index < -0.39 is 17.2 Å². The predicted molar refractivity (Wildman–Crippen MR) is 68.1 cm³/mol. The molecule has 1 aromatic carbocycles. The molecule has 0 spiro atoms. The second-order valence-electron chi connectivity index (χ2n) is 4.24. The summed E-state index contributed by atoms with van der Waals surface area (Å²) in [5, 5.41) is 8.99. The number of nitrogens with zero attached hydrogens (tertiary/aromatic N) is 2. The van der Waals surface area contributed by atoms with Crippen LogP contribution in [0.1, 0.15) is 28.5 Å². The van der Waals surface area contributed by atoms with E-state index in [2.05, 4.69) is 4.98 Å². The lowest BCUT2D eigenvalue weighted by Crippen LogP contribution is -2.28. The molecule has 94 valence electrons. The van der Waals surface area contributed by atoms with Crippen molar-refractivity contribution >= 4 is 17.0 Å². The van der Waals surface area contributed by atoms with Crippen LogP contribution in [0.15, 0.2) is 16.9 Å². The molecule has 0 unspecified atom stereocenters. The maximum atomic E-state index is 12.0. The number of carbonyl (C=O) groups is 1. The Bertz CT molecular complexity index is 701. The predicted octanol–water partition coefficient (Wildman–Crippen LogP) is 1.73. The fourth-order valence-electron chi connectivity index (χ4n) is 1.95. The summed E-state index contributed by atoms with van der Waals surface area (Å²) in [6, 6.07) is 3.68. The van der Waals surface area contributed by atoms with Gasteiger partial charge < -0.3 is 9.67 Å². The number of aromatic nitrogens is 2. The summed E-state index contributed by atoms with van der Waals surface area (Å²) in [5.41, 5.74) is 2.31. The minimum atomic E-state index is -1.29. The van der Waals surface area contributed by atoms with E-state index in [-0.39, 0.29) is 0 Å². The summed E-state index contributed by atoms with van der Waals surface area (Å²) in [7, 11) is 0. The normalized spacial score (nSPS) is 10.8. The van der Waals surface area contributed by atoms with Crippen molar-refractivity contribution in [2.45, 2.75) is 27.3 Å². The molecular formula is C13H14N2O3. The zero-order valence-corrected chi connectivity index (χ0v) is 10.5. The molecule has 0 aliphatic carbocycles. The van der Waals surface area contributed by atoms with E-state index in [4.69, 9.17) is 5.11 Å². The van der Waals surface area contributed by atoms with E-state index in [9.17, 15) is 9.59 Å². The average Bonchev–Trinajstić information content (AvgIpc) is 2.30. The van der Waals surface area contributed by atoms with Gasteiger partial charge in [-0.2, -0.15) is 0 Å². The molecule has 2 aromatic rings. The van der Waals surface area contributed by atoms with Crippen molar-refractivity contribution in [1.29, 1.82) is 0 Å². The highest BCUT2D eigenvalue weighted by Gasteiger charge is 2.16. The van der Waals surface area contributed by atoms with Gasteiger partial charge in [-0.3, -0.25) is 4.79 Å². The van der Waals surface area contributed by atoms with Crippen molar-refractivity contribution in [2.24, 2.45) is 0 Å². The summed E-state index contributed by atoms with van der Waals surface area (Å²) in [6.07, 6.45) is 0. The number of aromatic carboxylic acids is 1. The highest BCUT2D eigenvalue weighted by atomic mass is 16.4. The quantitative estimate of drug-likeness (QED) is 0.875. The Kier molecular flexibility index (Phi) is 2.90. The van der Waals surface area contributed by atoms with Crippen molar-refractivity contribution in [3.8, 4) is 0 Å². The van der Waals surface area contributed by atoms with Crippen LogP contribution in [0, 0.1) is 13.8 Å². The molecule has 0 saturated heterocycles. The van der Waals surface area contributed by atoms with E-state index in [1.807, 2.05) is 32.9 Å². The maximum Gasteiger partial charge on any atom is 0.360 e. The van der Waals surface area contributed by atoms with E-state index >= 15 is 0 Å². The molecule has 0 radical (unpaired) electrons. The van der Waals surface area contributed by atoms with E-state index in [0.717, 1.165) is 11.1 Å². The summed E-state index contributed by atoms with van der Waals surface area (Å²) < 4.78 is 1.44. The smallest absolute Gasteiger partial charge is 0.360 e. The van der Waals surface area contributed by atoms with Crippen LogP contribution < -0.4 is 5.56 Å². The maximum absolute atomic E-state index is 12.0. The number of aryl methyl sites for hydroxylation is 3. The monoisotopic (exact) mass is 246 g/mol. The first-order valence-corrected chi connectivity index (χ1v) is 5.70.